The van der Waals surface area contributed by atoms with E-state index in [2.05, 4.69) is 19.1 Å². The number of hydrogen-bond donors (Lipinski definition) is 0. The summed E-state index contributed by atoms with van der Waals surface area (Å²) in [5, 5.41) is 1.66. The van der Waals surface area contributed by atoms with Crippen LogP contribution in [0.5, 0.6) is 5.75 Å². The molecule has 168 valence electrons. The highest BCUT2D eigenvalue weighted by Crippen LogP contribution is 2.48. The Morgan fingerprint density at radius 3 is 2.68 bits per heavy atom. The SMILES string of the molecule is C/C=C/COc1ccc2cc([C@@H]3CC[C@@H]4CC(CCCCC)CCC4C3)ccc2c1F. The number of fused-ring (bicyclic) bond motifs is 2. The van der Waals surface area contributed by atoms with Gasteiger partial charge in [0, 0.05) is 5.39 Å². The van der Waals surface area contributed by atoms with E-state index in [0.717, 1.165) is 23.1 Å². The number of halogens is 1. The van der Waals surface area contributed by atoms with Crippen molar-refractivity contribution in [2.45, 2.75) is 84.0 Å². The number of benzene rings is 2. The van der Waals surface area contributed by atoms with Gasteiger partial charge in [-0.1, -0.05) is 75.4 Å². The van der Waals surface area contributed by atoms with E-state index in [9.17, 15) is 4.39 Å². The number of allylic oxidation sites excluding steroid dienone is 1. The Morgan fingerprint density at radius 1 is 1.00 bits per heavy atom. The van der Waals surface area contributed by atoms with E-state index in [0.29, 0.717) is 23.7 Å². The largest absolute Gasteiger partial charge is 0.486 e. The second kappa shape index (κ2) is 10.7. The lowest BCUT2D eigenvalue weighted by atomic mass is 9.63. The van der Waals surface area contributed by atoms with Crippen LogP contribution >= 0.6 is 0 Å². The topological polar surface area (TPSA) is 9.23 Å². The highest BCUT2D eigenvalue weighted by molar-refractivity contribution is 5.85. The fraction of sp³-hybridized carbons (Fsp3) is 0.586. The maximum atomic E-state index is 14.9. The number of rotatable bonds is 8. The Labute approximate surface area is 188 Å². The third-order valence-corrected chi connectivity index (χ3v) is 7.92. The maximum absolute atomic E-state index is 14.9. The van der Waals surface area contributed by atoms with E-state index >= 15 is 0 Å². The molecule has 0 N–H and O–H groups in total. The van der Waals surface area contributed by atoms with Crippen molar-refractivity contribution in [1.82, 2.24) is 0 Å². The number of ether oxygens (including phenoxy) is 1. The van der Waals surface area contributed by atoms with Gasteiger partial charge in [0.25, 0.3) is 0 Å². The molecule has 2 aromatic carbocycles. The minimum atomic E-state index is -0.237. The van der Waals surface area contributed by atoms with Crippen LogP contribution in [0.4, 0.5) is 4.39 Å². The normalized spacial score (nSPS) is 26.3. The van der Waals surface area contributed by atoms with Crippen molar-refractivity contribution in [2.24, 2.45) is 17.8 Å². The van der Waals surface area contributed by atoms with E-state index < -0.39 is 0 Å². The number of unbranched alkanes of at least 4 members (excludes halogenated alkanes) is 2. The van der Waals surface area contributed by atoms with Crippen LogP contribution in [0.3, 0.4) is 0 Å². The van der Waals surface area contributed by atoms with Crippen molar-refractivity contribution in [3.63, 3.8) is 0 Å². The van der Waals surface area contributed by atoms with E-state index in [4.69, 9.17) is 4.74 Å². The molecule has 1 nitrogen and oxygen atoms in total. The third kappa shape index (κ3) is 5.33. The molecule has 2 saturated carbocycles. The highest BCUT2D eigenvalue weighted by atomic mass is 19.1. The lowest BCUT2D eigenvalue weighted by Crippen LogP contribution is -2.30. The Morgan fingerprint density at radius 2 is 1.84 bits per heavy atom. The Balaban J connectivity index is 1.40. The summed E-state index contributed by atoms with van der Waals surface area (Å²) in [5.74, 6) is 3.57. The fourth-order valence-corrected chi connectivity index (χ4v) is 6.12. The summed E-state index contributed by atoms with van der Waals surface area (Å²) >= 11 is 0. The second-order valence-corrected chi connectivity index (χ2v) is 9.94. The molecule has 4 rings (SSSR count). The van der Waals surface area contributed by atoms with Crippen LogP contribution in [0.2, 0.25) is 0 Å². The van der Waals surface area contributed by atoms with E-state index in [1.165, 1.54) is 69.8 Å². The van der Waals surface area contributed by atoms with Crippen LogP contribution in [0, 0.1) is 23.6 Å². The lowest BCUT2D eigenvalue weighted by Gasteiger charge is -2.42. The Bertz CT molecular complexity index is 886. The average Bonchev–Trinajstić information content (AvgIpc) is 2.80. The maximum Gasteiger partial charge on any atom is 0.172 e. The van der Waals surface area contributed by atoms with Crippen molar-refractivity contribution in [3.8, 4) is 5.75 Å². The smallest absolute Gasteiger partial charge is 0.172 e. The predicted molar refractivity (Wildman–Crippen MR) is 129 cm³/mol. The molecule has 0 spiro atoms. The second-order valence-electron chi connectivity index (χ2n) is 9.94. The molecule has 0 saturated heterocycles. The molecule has 2 aliphatic carbocycles. The molecule has 2 aliphatic rings. The first-order valence-corrected chi connectivity index (χ1v) is 12.7. The summed E-state index contributed by atoms with van der Waals surface area (Å²) in [4.78, 5) is 0. The first kappa shape index (κ1) is 22.4. The van der Waals surface area contributed by atoms with Crippen LogP contribution in [0.1, 0.15) is 89.5 Å². The third-order valence-electron chi connectivity index (χ3n) is 7.92. The van der Waals surface area contributed by atoms with Crippen molar-refractivity contribution in [1.29, 1.82) is 0 Å². The first-order chi connectivity index (χ1) is 15.2. The van der Waals surface area contributed by atoms with Gasteiger partial charge in [0.1, 0.15) is 6.61 Å². The standard InChI is InChI=1S/C29H39FO/c1-3-5-7-8-21-9-10-23-19-24(12-11-22(23)18-21)25-13-15-27-26(20-25)14-16-28(29(27)30)31-17-6-4-2/h4,6,13-16,20-24H,3,5,7-12,17-19H2,1-2H3/b6-4+/t21?,22-,23?,24-/m1/s1. The van der Waals surface area contributed by atoms with Crippen molar-refractivity contribution >= 4 is 10.8 Å². The zero-order chi connectivity index (χ0) is 21.6. The molecule has 0 aliphatic heterocycles. The van der Waals surface area contributed by atoms with Crippen LogP contribution in [-0.4, -0.2) is 6.61 Å². The molecule has 2 heteroatoms. The van der Waals surface area contributed by atoms with Gasteiger partial charge in [0.2, 0.25) is 0 Å². The molecular weight excluding hydrogens is 383 g/mol. The Hall–Kier alpha value is -1.83. The van der Waals surface area contributed by atoms with E-state index in [1.807, 2.05) is 31.2 Å². The summed E-state index contributed by atoms with van der Waals surface area (Å²) in [6.45, 7) is 4.65. The molecule has 2 fully saturated rings. The highest BCUT2D eigenvalue weighted by Gasteiger charge is 2.35. The fourth-order valence-electron chi connectivity index (χ4n) is 6.12. The minimum Gasteiger partial charge on any atom is -0.486 e. The summed E-state index contributed by atoms with van der Waals surface area (Å²) in [7, 11) is 0. The molecule has 0 heterocycles. The van der Waals surface area contributed by atoms with Gasteiger partial charge in [0.15, 0.2) is 11.6 Å². The van der Waals surface area contributed by atoms with Crippen LogP contribution in [0.15, 0.2) is 42.5 Å². The molecule has 0 radical (unpaired) electrons. The zero-order valence-electron chi connectivity index (χ0n) is 19.4. The molecule has 0 bridgehead atoms. The van der Waals surface area contributed by atoms with Gasteiger partial charge in [0.05, 0.1) is 0 Å². The van der Waals surface area contributed by atoms with Crippen LogP contribution in [0.25, 0.3) is 10.8 Å². The molecule has 2 unspecified atom stereocenters. The first-order valence-electron chi connectivity index (χ1n) is 12.7. The van der Waals surface area contributed by atoms with Gasteiger partial charge < -0.3 is 4.74 Å². The van der Waals surface area contributed by atoms with Gasteiger partial charge in [-0.15, -0.1) is 0 Å². The van der Waals surface area contributed by atoms with Gasteiger partial charge in [-0.25, -0.2) is 4.39 Å². The zero-order valence-corrected chi connectivity index (χ0v) is 19.4. The quantitative estimate of drug-likeness (QED) is 0.305. The predicted octanol–water partition coefficient (Wildman–Crippen LogP) is 8.81. The van der Waals surface area contributed by atoms with Crippen molar-refractivity contribution < 1.29 is 9.13 Å². The molecule has 4 atom stereocenters. The molecule has 0 aromatic heterocycles. The van der Waals surface area contributed by atoms with E-state index in [1.54, 1.807) is 6.07 Å². The lowest BCUT2D eigenvalue weighted by molar-refractivity contribution is 0.113. The molecule has 2 aromatic rings. The minimum absolute atomic E-state index is 0.237. The molecule has 0 amide bonds. The van der Waals surface area contributed by atoms with Crippen molar-refractivity contribution in [3.05, 3.63) is 53.9 Å². The van der Waals surface area contributed by atoms with Gasteiger partial charge in [-0.3, -0.25) is 0 Å². The van der Waals surface area contributed by atoms with E-state index in [-0.39, 0.29) is 5.82 Å². The average molecular weight is 423 g/mol. The van der Waals surface area contributed by atoms with Crippen LogP contribution in [-0.2, 0) is 0 Å². The summed E-state index contributed by atoms with van der Waals surface area (Å²) in [6, 6.07) is 10.2. The van der Waals surface area contributed by atoms with Crippen LogP contribution < -0.4 is 4.74 Å². The number of hydrogen-bond acceptors (Lipinski definition) is 1. The van der Waals surface area contributed by atoms with Gasteiger partial charge in [-0.05, 0) is 79.7 Å². The monoisotopic (exact) mass is 422 g/mol. The summed E-state index contributed by atoms with van der Waals surface area (Å²) in [6.07, 6.45) is 17.8. The van der Waals surface area contributed by atoms with Crippen molar-refractivity contribution in [2.75, 3.05) is 6.61 Å². The Kier molecular flexibility index (Phi) is 7.69. The van der Waals surface area contributed by atoms with Gasteiger partial charge >= 0.3 is 0 Å². The summed E-state index contributed by atoms with van der Waals surface area (Å²) < 4.78 is 20.5. The summed E-state index contributed by atoms with van der Waals surface area (Å²) in [5.41, 5.74) is 1.40. The van der Waals surface area contributed by atoms with Gasteiger partial charge in [-0.2, -0.15) is 0 Å². The molecule has 31 heavy (non-hydrogen) atoms. The molecular formula is C29H39FO.